The highest BCUT2D eigenvalue weighted by atomic mass is 35.5. The Hall–Kier alpha value is -0.580. The predicted octanol–water partition coefficient (Wildman–Crippen LogP) is 2.46. The Morgan fingerprint density at radius 2 is 2.06 bits per heavy atom. The van der Waals surface area contributed by atoms with Crippen molar-refractivity contribution in [3.8, 4) is 0 Å². The fourth-order valence-corrected chi connectivity index (χ4v) is 2.22. The summed E-state index contributed by atoms with van der Waals surface area (Å²) in [7, 11) is 0. The van der Waals surface area contributed by atoms with Gasteiger partial charge in [-0.2, -0.15) is 5.10 Å². The van der Waals surface area contributed by atoms with Gasteiger partial charge in [0, 0.05) is 19.6 Å². The third kappa shape index (κ3) is 3.97. The minimum Gasteiger partial charge on any atom is -0.395 e. The minimum absolute atomic E-state index is 0.181. The van der Waals surface area contributed by atoms with E-state index in [-0.39, 0.29) is 6.61 Å². The van der Waals surface area contributed by atoms with E-state index in [1.165, 1.54) is 0 Å². The Kier molecular flexibility index (Phi) is 6.68. The van der Waals surface area contributed by atoms with Crippen LogP contribution in [-0.4, -0.2) is 39.5 Å². The van der Waals surface area contributed by atoms with Gasteiger partial charge in [0.1, 0.15) is 0 Å². The molecule has 0 saturated carbocycles. The number of aromatic nitrogens is 2. The van der Waals surface area contributed by atoms with E-state index in [0.717, 1.165) is 48.9 Å². The summed E-state index contributed by atoms with van der Waals surface area (Å²) in [4.78, 5) is 2.23. The van der Waals surface area contributed by atoms with Gasteiger partial charge in [-0.15, -0.1) is 0 Å². The Bertz CT molecular complexity index is 365. The maximum atomic E-state index is 9.12. The van der Waals surface area contributed by atoms with Crippen LogP contribution in [0.3, 0.4) is 0 Å². The lowest BCUT2D eigenvalue weighted by Gasteiger charge is -2.21. The topological polar surface area (TPSA) is 41.3 Å². The van der Waals surface area contributed by atoms with Crippen molar-refractivity contribution in [3.63, 3.8) is 0 Å². The highest BCUT2D eigenvalue weighted by Gasteiger charge is 2.15. The molecule has 1 aromatic rings. The first kappa shape index (κ1) is 15.5. The van der Waals surface area contributed by atoms with Crippen LogP contribution in [0.15, 0.2) is 0 Å². The first-order valence-electron chi connectivity index (χ1n) is 6.69. The molecule has 104 valence electrons. The summed E-state index contributed by atoms with van der Waals surface area (Å²) in [5.74, 6) is 0. The molecule has 0 amide bonds. The van der Waals surface area contributed by atoms with Crippen molar-refractivity contribution in [2.75, 3.05) is 19.7 Å². The zero-order chi connectivity index (χ0) is 13.5. The first-order valence-corrected chi connectivity index (χ1v) is 7.06. The summed E-state index contributed by atoms with van der Waals surface area (Å²) in [6, 6.07) is 0. The molecule has 0 radical (unpaired) electrons. The maximum absolute atomic E-state index is 9.12. The SMILES string of the molecule is CCCCN(CCO)Cc1c(Cl)c(C)nn1CC. The maximum Gasteiger partial charge on any atom is 0.0860 e. The molecule has 0 bridgehead atoms. The molecular formula is C13H24ClN3O. The normalized spacial score (nSPS) is 11.4. The summed E-state index contributed by atoms with van der Waals surface area (Å²) in [5.41, 5.74) is 1.94. The first-order chi connectivity index (χ1) is 8.63. The highest BCUT2D eigenvalue weighted by Crippen LogP contribution is 2.21. The van der Waals surface area contributed by atoms with E-state index in [4.69, 9.17) is 16.7 Å². The van der Waals surface area contributed by atoms with Crippen LogP contribution in [0.4, 0.5) is 0 Å². The van der Waals surface area contributed by atoms with Crippen LogP contribution in [0.2, 0.25) is 5.02 Å². The Morgan fingerprint density at radius 1 is 1.33 bits per heavy atom. The monoisotopic (exact) mass is 273 g/mol. The van der Waals surface area contributed by atoms with E-state index < -0.39 is 0 Å². The van der Waals surface area contributed by atoms with Crippen LogP contribution in [0.5, 0.6) is 0 Å². The van der Waals surface area contributed by atoms with E-state index in [0.29, 0.717) is 6.54 Å². The zero-order valence-electron chi connectivity index (χ0n) is 11.6. The van der Waals surface area contributed by atoms with Crippen molar-refractivity contribution in [3.05, 3.63) is 16.4 Å². The van der Waals surface area contributed by atoms with E-state index in [1.807, 2.05) is 11.6 Å². The van der Waals surface area contributed by atoms with Gasteiger partial charge in [0.15, 0.2) is 0 Å². The number of rotatable bonds is 8. The number of aliphatic hydroxyl groups is 1. The van der Waals surface area contributed by atoms with Crippen molar-refractivity contribution >= 4 is 11.6 Å². The number of unbranched alkanes of at least 4 members (excludes halogenated alkanes) is 1. The number of aliphatic hydroxyl groups excluding tert-OH is 1. The standard InChI is InChI=1S/C13H24ClN3O/c1-4-6-7-16(8-9-18)10-12-13(14)11(3)15-17(12)5-2/h18H,4-10H2,1-3H3. The van der Waals surface area contributed by atoms with Gasteiger partial charge in [-0.3, -0.25) is 9.58 Å². The summed E-state index contributed by atoms with van der Waals surface area (Å²) < 4.78 is 1.95. The van der Waals surface area contributed by atoms with Crippen LogP contribution in [0.25, 0.3) is 0 Å². The molecule has 4 nitrogen and oxygen atoms in total. The van der Waals surface area contributed by atoms with E-state index in [2.05, 4.69) is 23.8 Å². The molecule has 0 aliphatic carbocycles. The van der Waals surface area contributed by atoms with Gasteiger partial charge in [-0.1, -0.05) is 24.9 Å². The second-order valence-electron chi connectivity index (χ2n) is 4.52. The molecule has 1 heterocycles. The van der Waals surface area contributed by atoms with Gasteiger partial charge in [0.25, 0.3) is 0 Å². The van der Waals surface area contributed by atoms with Crippen LogP contribution < -0.4 is 0 Å². The molecule has 1 N–H and O–H groups in total. The second kappa shape index (κ2) is 7.77. The smallest absolute Gasteiger partial charge is 0.0860 e. The van der Waals surface area contributed by atoms with Crippen molar-refractivity contribution in [2.24, 2.45) is 0 Å². The molecule has 5 heteroatoms. The summed E-state index contributed by atoms with van der Waals surface area (Å²) in [6.07, 6.45) is 2.29. The average Bonchev–Trinajstić information content (AvgIpc) is 2.63. The second-order valence-corrected chi connectivity index (χ2v) is 4.89. The Balaban J connectivity index is 2.78. The molecule has 0 unspecified atom stereocenters. The van der Waals surface area contributed by atoms with E-state index >= 15 is 0 Å². The molecule has 0 aliphatic rings. The van der Waals surface area contributed by atoms with E-state index in [9.17, 15) is 0 Å². The fourth-order valence-electron chi connectivity index (χ4n) is 2.02. The molecule has 0 saturated heterocycles. The fraction of sp³-hybridized carbons (Fsp3) is 0.769. The quantitative estimate of drug-likeness (QED) is 0.791. The van der Waals surface area contributed by atoms with Gasteiger partial charge >= 0.3 is 0 Å². The lowest BCUT2D eigenvalue weighted by Crippen LogP contribution is -2.28. The van der Waals surface area contributed by atoms with E-state index in [1.54, 1.807) is 0 Å². The number of aryl methyl sites for hydroxylation is 2. The molecule has 0 spiro atoms. The Labute approximate surface area is 115 Å². The molecule has 0 aliphatic heterocycles. The van der Waals surface area contributed by atoms with Gasteiger partial charge in [-0.05, 0) is 26.8 Å². The number of hydrogen-bond donors (Lipinski definition) is 1. The van der Waals surface area contributed by atoms with Gasteiger partial charge in [0.05, 0.1) is 23.0 Å². The van der Waals surface area contributed by atoms with Crippen LogP contribution in [0, 0.1) is 6.92 Å². The largest absolute Gasteiger partial charge is 0.395 e. The van der Waals surface area contributed by atoms with Crippen LogP contribution in [0.1, 0.15) is 38.1 Å². The zero-order valence-corrected chi connectivity index (χ0v) is 12.4. The molecule has 0 fully saturated rings. The minimum atomic E-state index is 0.181. The van der Waals surface area contributed by atoms with Crippen molar-refractivity contribution in [1.29, 1.82) is 0 Å². The van der Waals surface area contributed by atoms with Gasteiger partial charge in [0.2, 0.25) is 0 Å². The summed E-state index contributed by atoms with van der Waals surface area (Å²) in [6.45, 7) is 9.60. The third-order valence-corrected chi connectivity index (χ3v) is 3.56. The predicted molar refractivity (Wildman–Crippen MR) is 74.9 cm³/mol. The number of halogens is 1. The molecule has 0 aromatic carbocycles. The summed E-state index contributed by atoms with van der Waals surface area (Å²) in [5, 5.41) is 14.3. The lowest BCUT2D eigenvalue weighted by atomic mass is 10.2. The Morgan fingerprint density at radius 3 is 2.61 bits per heavy atom. The molecule has 0 atom stereocenters. The number of nitrogens with zero attached hydrogens (tertiary/aromatic N) is 3. The highest BCUT2D eigenvalue weighted by molar-refractivity contribution is 6.31. The number of hydrogen-bond acceptors (Lipinski definition) is 3. The van der Waals surface area contributed by atoms with Crippen molar-refractivity contribution in [2.45, 2.75) is 46.7 Å². The third-order valence-electron chi connectivity index (χ3n) is 3.07. The molecule has 1 aromatic heterocycles. The lowest BCUT2D eigenvalue weighted by molar-refractivity contribution is 0.185. The summed E-state index contributed by atoms with van der Waals surface area (Å²) >= 11 is 6.30. The van der Waals surface area contributed by atoms with Crippen molar-refractivity contribution < 1.29 is 5.11 Å². The average molecular weight is 274 g/mol. The van der Waals surface area contributed by atoms with Crippen LogP contribution in [-0.2, 0) is 13.1 Å². The van der Waals surface area contributed by atoms with Crippen molar-refractivity contribution in [1.82, 2.24) is 14.7 Å². The van der Waals surface area contributed by atoms with Gasteiger partial charge in [-0.25, -0.2) is 0 Å². The molecule has 18 heavy (non-hydrogen) atoms. The molecule has 1 rings (SSSR count). The van der Waals surface area contributed by atoms with Gasteiger partial charge < -0.3 is 5.11 Å². The van der Waals surface area contributed by atoms with Crippen LogP contribution >= 0.6 is 11.6 Å². The molecular weight excluding hydrogens is 250 g/mol.